The molecule has 0 bridgehead atoms. The van der Waals surface area contributed by atoms with E-state index in [9.17, 15) is 29.1 Å². The number of amides is 2. The van der Waals surface area contributed by atoms with Gasteiger partial charge in [0.1, 0.15) is 18.1 Å². The summed E-state index contributed by atoms with van der Waals surface area (Å²) < 4.78 is 11.6. The average Bonchev–Trinajstić information content (AvgIpc) is 3.40. The van der Waals surface area contributed by atoms with E-state index in [-0.39, 0.29) is 44.0 Å². The van der Waals surface area contributed by atoms with Crippen molar-refractivity contribution in [2.24, 2.45) is 0 Å². The van der Waals surface area contributed by atoms with Gasteiger partial charge in [0.05, 0.1) is 45.0 Å². The van der Waals surface area contributed by atoms with Gasteiger partial charge in [-0.1, -0.05) is 46.9 Å². The van der Waals surface area contributed by atoms with Crippen molar-refractivity contribution in [3.8, 4) is 17.1 Å². The van der Waals surface area contributed by atoms with E-state index in [1.807, 2.05) is 0 Å². The maximum absolute atomic E-state index is 13.4. The van der Waals surface area contributed by atoms with Crippen molar-refractivity contribution in [2.75, 3.05) is 24.4 Å². The molecule has 4 N–H and O–H groups in total. The molecule has 0 atom stereocenters. The third-order valence-electron chi connectivity index (χ3n) is 6.96. The topological polar surface area (TPSA) is 186 Å². The highest BCUT2D eigenvalue weighted by Crippen LogP contribution is 2.33. The van der Waals surface area contributed by atoms with Gasteiger partial charge in [0.25, 0.3) is 11.8 Å². The van der Waals surface area contributed by atoms with Gasteiger partial charge in [0, 0.05) is 21.8 Å². The first-order valence-electron chi connectivity index (χ1n) is 14.0. The molecule has 0 spiro atoms. The molecule has 0 radical (unpaired) electrons. The predicted octanol–water partition coefficient (Wildman–Crippen LogP) is 6.50. The van der Waals surface area contributed by atoms with Gasteiger partial charge in [-0.25, -0.2) is 14.6 Å². The second kappa shape index (κ2) is 14.6. The second-order valence-corrected chi connectivity index (χ2v) is 11.5. The SMILES string of the molecule is COC(=O)c1cc(OCC(=O)O)c(C(=O)Nc2ccc(Cl)cc2)cc1NC(=O)c1ccc(-c2nc3cc(Cl)c(Cl)cc3n2CC(=O)O)cc1. The van der Waals surface area contributed by atoms with Crippen LogP contribution >= 0.6 is 34.8 Å². The van der Waals surface area contributed by atoms with Crippen molar-refractivity contribution in [1.29, 1.82) is 0 Å². The lowest BCUT2D eigenvalue weighted by molar-refractivity contribution is -0.139. The molecule has 5 rings (SSSR count). The molecular formula is C33H23Cl3N4O9. The van der Waals surface area contributed by atoms with Gasteiger partial charge in [-0.2, -0.15) is 0 Å². The van der Waals surface area contributed by atoms with Crippen molar-refractivity contribution in [1.82, 2.24) is 9.55 Å². The summed E-state index contributed by atoms with van der Waals surface area (Å²) in [5.74, 6) is -4.79. The van der Waals surface area contributed by atoms with Crippen LogP contribution in [0, 0.1) is 0 Å². The Kier molecular flexibility index (Phi) is 10.4. The summed E-state index contributed by atoms with van der Waals surface area (Å²) in [6, 6.07) is 17.4. The Labute approximate surface area is 291 Å². The van der Waals surface area contributed by atoms with Crippen LogP contribution in [0.15, 0.2) is 72.8 Å². The van der Waals surface area contributed by atoms with Gasteiger partial charge in [0.15, 0.2) is 6.61 Å². The van der Waals surface area contributed by atoms with Crippen molar-refractivity contribution < 1.29 is 43.7 Å². The number of halogens is 3. The minimum atomic E-state index is -1.34. The van der Waals surface area contributed by atoms with Crippen molar-refractivity contribution >= 4 is 86.9 Å². The zero-order chi connectivity index (χ0) is 35.4. The predicted molar refractivity (Wildman–Crippen MR) is 181 cm³/mol. The first-order valence-corrected chi connectivity index (χ1v) is 15.1. The standard InChI is InChI=1S/C33H23Cl3N4O9/c1-48-33(47)20-11-27(49-15-29(43)44)21(32(46)37-19-8-6-18(34)7-9-19)10-24(20)39-31(45)17-4-2-16(3-5-17)30-38-25-12-22(35)23(36)13-26(25)40(30)14-28(41)42/h2-13H,14-15H2,1H3,(H,37,46)(H,39,45)(H,41,42)(H,43,44). The van der Waals surface area contributed by atoms with Gasteiger partial charge >= 0.3 is 17.9 Å². The van der Waals surface area contributed by atoms with Crippen molar-refractivity contribution in [3.63, 3.8) is 0 Å². The van der Waals surface area contributed by atoms with E-state index in [0.717, 1.165) is 19.2 Å². The summed E-state index contributed by atoms with van der Waals surface area (Å²) in [6.45, 7) is -1.26. The number of benzene rings is 4. The smallest absolute Gasteiger partial charge is 0.341 e. The summed E-state index contributed by atoms with van der Waals surface area (Å²) in [7, 11) is 1.10. The first kappa shape index (κ1) is 34.7. The number of carboxylic acids is 2. The quantitative estimate of drug-likeness (QED) is 0.110. The number of esters is 1. The molecule has 0 aliphatic heterocycles. The van der Waals surface area contributed by atoms with Crippen LogP contribution < -0.4 is 15.4 Å². The average molecular weight is 726 g/mol. The fourth-order valence-corrected chi connectivity index (χ4v) is 5.17. The number of hydrogen-bond acceptors (Lipinski definition) is 8. The van der Waals surface area contributed by atoms with E-state index in [1.54, 1.807) is 24.3 Å². The molecule has 0 aliphatic rings. The Balaban J connectivity index is 1.49. The van der Waals surface area contributed by atoms with E-state index in [2.05, 4.69) is 15.6 Å². The van der Waals surface area contributed by atoms with Crippen LogP contribution in [0.1, 0.15) is 31.1 Å². The number of methoxy groups -OCH3 is 1. The molecule has 0 unspecified atom stereocenters. The van der Waals surface area contributed by atoms with E-state index < -0.39 is 42.9 Å². The highest BCUT2D eigenvalue weighted by molar-refractivity contribution is 6.42. The van der Waals surface area contributed by atoms with Gasteiger partial charge in [-0.15, -0.1) is 0 Å². The van der Waals surface area contributed by atoms with E-state index >= 15 is 0 Å². The molecule has 1 aromatic heterocycles. The molecule has 0 saturated heterocycles. The number of imidazole rings is 1. The molecular weight excluding hydrogens is 703 g/mol. The summed E-state index contributed by atoms with van der Waals surface area (Å²) >= 11 is 18.2. The molecule has 0 saturated carbocycles. The van der Waals surface area contributed by atoms with Gasteiger partial charge in [-0.05, 0) is 60.7 Å². The van der Waals surface area contributed by atoms with E-state index in [0.29, 0.717) is 27.3 Å². The molecule has 16 heteroatoms. The molecule has 0 fully saturated rings. The largest absolute Gasteiger partial charge is 0.481 e. The number of carboxylic acid groups (broad SMARTS) is 2. The minimum absolute atomic E-state index is 0.116. The molecule has 250 valence electrons. The normalized spacial score (nSPS) is 10.8. The number of aromatic nitrogens is 2. The van der Waals surface area contributed by atoms with Crippen LogP contribution in [-0.4, -0.2) is 63.2 Å². The number of fused-ring (bicyclic) bond motifs is 1. The Hall–Kier alpha value is -5.63. The van der Waals surface area contributed by atoms with E-state index in [4.69, 9.17) is 49.4 Å². The molecule has 2 amide bonds. The van der Waals surface area contributed by atoms with Crippen LogP contribution in [0.3, 0.4) is 0 Å². The lowest BCUT2D eigenvalue weighted by Gasteiger charge is -2.16. The van der Waals surface area contributed by atoms with Gasteiger partial charge in [-0.3, -0.25) is 14.4 Å². The number of anilines is 2. The summed E-state index contributed by atoms with van der Waals surface area (Å²) in [4.78, 5) is 67.0. The monoisotopic (exact) mass is 724 g/mol. The summed E-state index contributed by atoms with van der Waals surface area (Å²) in [5.41, 5.74) is 1.22. The van der Waals surface area contributed by atoms with Crippen LogP contribution in [0.5, 0.6) is 5.75 Å². The molecule has 4 aromatic carbocycles. The second-order valence-electron chi connectivity index (χ2n) is 10.2. The zero-order valence-corrected chi connectivity index (χ0v) is 27.4. The van der Waals surface area contributed by atoms with Crippen LogP contribution in [0.4, 0.5) is 11.4 Å². The lowest BCUT2D eigenvalue weighted by Crippen LogP contribution is -2.20. The number of carbonyl (C=O) groups excluding carboxylic acids is 3. The third-order valence-corrected chi connectivity index (χ3v) is 7.93. The molecule has 49 heavy (non-hydrogen) atoms. The number of nitrogens with one attached hydrogen (secondary N) is 2. The number of ether oxygens (including phenoxy) is 2. The Morgan fingerprint density at radius 2 is 1.47 bits per heavy atom. The summed E-state index contributed by atoms with van der Waals surface area (Å²) in [6.07, 6.45) is 0. The van der Waals surface area contributed by atoms with Gasteiger partial charge < -0.3 is 34.9 Å². The van der Waals surface area contributed by atoms with Crippen LogP contribution in [0.2, 0.25) is 15.1 Å². The fraction of sp³-hybridized carbons (Fsp3) is 0.0909. The summed E-state index contributed by atoms with van der Waals surface area (Å²) in [5, 5.41) is 24.8. The van der Waals surface area contributed by atoms with Crippen molar-refractivity contribution in [2.45, 2.75) is 6.54 Å². The Morgan fingerprint density at radius 3 is 2.10 bits per heavy atom. The Bertz CT molecular complexity index is 2130. The van der Waals surface area contributed by atoms with Crippen LogP contribution in [0.25, 0.3) is 22.4 Å². The Morgan fingerprint density at radius 1 is 0.796 bits per heavy atom. The number of rotatable bonds is 11. The molecule has 13 nitrogen and oxygen atoms in total. The molecule has 5 aromatic rings. The van der Waals surface area contributed by atoms with Crippen LogP contribution in [-0.2, 0) is 20.9 Å². The maximum Gasteiger partial charge on any atom is 0.341 e. The highest BCUT2D eigenvalue weighted by Gasteiger charge is 2.24. The van der Waals surface area contributed by atoms with Gasteiger partial charge in [0.2, 0.25) is 0 Å². The van der Waals surface area contributed by atoms with E-state index in [1.165, 1.54) is 41.0 Å². The number of aliphatic carboxylic acids is 2. The maximum atomic E-state index is 13.4. The number of nitrogens with zero attached hydrogens (tertiary/aromatic N) is 2. The minimum Gasteiger partial charge on any atom is -0.481 e. The number of carbonyl (C=O) groups is 5. The molecule has 0 aliphatic carbocycles. The highest BCUT2D eigenvalue weighted by atomic mass is 35.5. The fourth-order valence-electron chi connectivity index (χ4n) is 4.73. The van der Waals surface area contributed by atoms with Crippen molar-refractivity contribution in [3.05, 3.63) is 105 Å². The first-order chi connectivity index (χ1) is 23.3. The lowest BCUT2D eigenvalue weighted by atomic mass is 10.1. The third kappa shape index (κ3) is 7.92. The zero-order valence-electron chi connectivity index (χ0n) is 25.1. The molecule has 1 heterocycles. The number of hydrogen-bond donors (Lipinski definition) is 4.